The van der Waals surface area contributed by atoms with E-state index >= 15 is 0 Å². The van der Waals surface area contributed by atoms with Crippen LogP contribution in [0.15, 0.2) is 11.6 Å². The van der Waals surface area contributed by atoms with Crippen LogP contribution >= 0.6 is 11.3 Å². The molecule has 0 aliphatic heterocycles. The molecule has 0 radical (unpaired) electrons. The Morgan fingerprint density at radius 1 is 1.00 bits per heavy atom. The van der Waals surface area contributed by atoms with Gasteiger partial charge in [-0.25, -0.2) is 0 Å². The van der Waals surface area contributed by atoms with E-state index < -0.39 is 18.4 Å². The van der Waals surface area contributed by atoms with E-state index in [2.05, 4.69) is 26.2 Å². The number of thiazole rings is 1. The zero-order valence-corrected chi connectivity index (χ0v) is 15.3. The molecule has 0 saturated heterocycles. The van der Waals surface area contributed by atoms with Gasteiger partial charge in [0.2, 0.25) is 0 Å². The number of unbranched alkanes of at least 4 members (excludes halogenated alkanes) is 2. The van der Waals surface area contributed by atoms with Crippen molar-refractivity contribution in [2.24, 2.45) is 0 Å². The summed E-state index contributed by atoms with van der Waals surface area (Å²) in [6, 6.07) is 0. The Hall–Kier alpha value is 0.429. The molecule has 3 heteroatoms. The Balaban J connectivity index is 2.84. The molecule has 0 N–H and O–H groups in total. The zero-order chi connectivity index (χ0) is 12.6. The summed E-state index contributed by atoms with van der Waals surface area (Å²) in [5.41, 5.74) is 0. The first-order valence-corrected chi connectivity index (χ1v) is 15.5. The van der Waals surface area contributed by atoms with Crippen molar-refractivity contribution in [3.8, 4) is 0 Å². The second-order valence-corrected chi connectivity index (χ2v) is 19.9. The molecule has 1 nitrogen and oxygen atoms in total. The summed E-state index contributed by atoms with van der Waals surface area (Å²) in [6.45, 7) is 7.01. The molecule has 0 bridgehead atoms. The second kappa shape index (κ2) is 8.52. The van der Waals surface area contributed by atoms with E-state index in [0.29, 0.717) is 0 Å². The molecule has 0 aromatic carbocycles. The molecule has 17 heavy (non-hydrogen) atoms. The number of aromatic nitrogens is 1. The first kappa shape index (κ1) is 15.5. The van der Waals surface area contributed by atoms with Gasteiger partial charge in [0.15, 0.2) is 0 Å². The maximum absolute atomic E-state index is 4.73. The standard InChI is InChI=1S/2C4H9.C3H2NS.C3H7.Sn/c2*1-3-4-2;1-2-5-3-4-1;1-3-2;/h2*1,3-4H2,2H3;1-2H;1,3H2,2H3;. The van der Waals surface area contributed by atoms with Crippen LogP contribution in [0, 0.1) is 0 Å². The van der Waals surface area contributed by atoms with Gasteiger partial charge >= 0.3 is 115 Å². The summed E-state index contributed by atoms with van der Waals surface area (Å²) >= 11 is -0.140. The van der Waals surface area contributed by atoms with Crippen LogP contribution in [0.1, 0.15) is 52.9 Å². The van der Waals surface area contributed by atoms with E-state index in [4.69, 9.17) is 4.98 Å². The first-order valence-electron chi connectivity index (χ1n) is 7.19. The van der Waals surface area contributed by atoms with Gasteiger partial charge in [0.1, 0.15) is 0 Å². The molecule has 0 aliphatic rings. The van der Waals surface area contributed by atoms with Crippen LogP contribution in [0.25, 0.3) is 0 Å². The number of rotatable bonds is 9. The molecule has 0 spiro atoms. The summed E-state index contributed by atoms with van der Waals surface area (Å²) in [7, 11) is 0. The quantitative estimate of drug-likeness (QED) is 0.576. The fraction of sp³-hybridized carbons (Fsp3) is 0.786. The van der Waals surface area contributed by atoms with Crippen molar-refractivity contribution in [3.63, 3.8) is 0 Å². The molecule has 0 unspecified atom stereocenters. The number of hydrogen-bond donors (Lipinski definition) is 0. The SMILES string of the molecule is CCC[CH2][Sn]([CH2]CC)([CH2]CCC)[c]1nccs1. The molecule has 98 valence electrons. The summed E-state index contributed by atoms with van der Waals surface area (Å²) in [6.07, 6.45) is 8.95. The Morgan fingerprint density at radius 3 is 2.06 bits per heavy atom. The van der Waals surface area contributed by atoms with Crippen LogP contribution in [0.3, 0.4) is 0 Å². The van der Waals surface area contributed by atoms with Gasteiger partial charge in [-0.3, -0.25) is 0 Å². The second-order valence-electron chi connectivity index (χ2n) is 5.07. The molecular weight excluding hydrogens is 333 g/mol. The number of nitrogens with zero attached hydrogens (tertiary/aromatic N) is 1. The third-order valence-corrected chi connectivity index (χ3v) is 22.7. The van der Waals surface area contributed by atoms with E-state index in [1.54, 1.807) is 3.02 Å². The van der Waals surface area contributed by atoms with Crippen LogP contribution in [-0.2, 0) is 0 Å². The van der Waals surface area contributed by atoms with Crippen molar-refractivity contribution in [2.75, 3.05) is 0 Å². The summed E-state index contributed by atoms with van der Waals surface area (Å²) < 4.78 is 6.18. The van der Waals surface area contributed by atoms with Crippen LogP contribution in [0.2, 0.25) is 13.3 Å². The molecule has 0 atom stereocenters. The van der Waals surface area contributed by atoms with Crippen molar-refractivity contribution >= 4 is 32.7 Å². The molecule has 0 amide bonds. The van der Waals surface area contributed by atoms with Gasteiger partial charge in [-0.1, -0.05) is 0 Å². The van der Waals surface area contributed by atoms with E-state index in [-0.39, 0.29) is 0 Å². The monoisotopic (exact) mass is 361 g/mol. The first-order chi connectivity index (χ1) is 8.29. The predicted molar refractivity (Wildman–Crippen MR) is 82.0 cm³/mol. The molecule has 1 aromatic heterocycles. The molecule has 1 heterocycles. The van der Waals surface area contributed by atoms with Crippen molar-refractivity contribution < 1.29 is 0 Å². The average molecular weight is 360 g/mol. The molecule has 0 fully saturated rings. The average Bonchev–Trinajstić information content (AvgIpc) is 2.87. The zero-order valence-electron chi connectivity index (χ0n) is 11.7. The number of hydrogen-bond acceptors (Lipinski definition) is 2. The molecule has 0 saturated carbocycles. The summed E-state index contributed by atoms with van der Waals surface area (Å²) in [4.78, 5) is 4.73. The third-order valence-electron chi connectivity index (χ3n) is 3.63. The van der Waals surface area contributed by atoms with E-state index in [1.165, 1.54) is 45.4 Å². The Kier molecular flexibility index (Phi) is 7.76. The van der Waals surface area contributed by atoms with Gasteiger partial charge in [0.05, 0.1) is 0 Å². The normalized spacial score (nSPS) is 11.9. The molecule has 1 aromatic rings. The van der Waals surface area contributed by atoms with Crippen molar-refractivity contribution in [1.82, 2.24) is 4.98 Å². The predicted octanol–water partition coefficient (Wildman–Crippen LogP) is 4.81. The minimum atomic E-state index is -2.09. The fourth-order valence-electron chi connectivity index (χ4n) is 2.69. The van der Waals surface area contributed by atoms with Gasteiger partial charge < -0.3 is 0 Å². The van der Waals surface area contributed by atoms with Crippen LogP contribution in [-0.4, -0.2) is 23.4 Å². The van der Waals surface area contributed by atoms with Crippen molar-refractivity contribution in [2.45, 2.75) is 66.2 Å². The van der Waals surface area contributed by atoms with Crippen molar-refractivity contribution in [1.29, 1.82) is 0 Å². The molecular formula is C14H27NSSn. The maximum atomic E-state index is 4.73. The van der Waals surface area contributed by atoms with E-state index in [1.807, 2.05) is 17.5 Å². The van der Waals surface area contributed by atoms with E-state index in [9.17, 15) is 0 Å². The van der Waals surface area contributed by atoms with Crippen LogP contribution < -0.4 is 3.02 Å². The van der Waals surface area contributed by atoms with Gasteiger partial charge in [-0.05, 0) is 0 Å². The van der Waals surface area contributed by atoms with Gasteiger partial charge in [-0.15, -0.1) is 0 Å². The fourth-order valence-corrected chi connectivity index (χ4v) is 21.7. The van der Waals surface area contributed by atoms with Gasteiger partial charge in [-0.2, -0.15) is 0 Å². The summed E-state index contributed by atoms with van der Waals surface area (Å²) in [5.74, 6) is 0. The van der Waals surface area contributed by atoms with E-state index in [0.717, 1.165) is 0 Å². The van der Waals surface area contributed by atoms with Gasteiger partial charge in [0, 0.05) is 0 Å². The Morgan fingerprint density at radius 2 is 1.65 bits per heavy atom. The van der Waals surface area contributed by atoms with Crippen LogP contribution in [0.5, 0.6) is 0 Å². The van der Waals surface area contributed by atoms with Gasteiger partial charge in [0.25, 0.3) is 0 Å². The Bertz CT molecular complexity index is 276. The molecule has 1 rings (SSSR count). The summed E-state index contributed by atoms with van der Waals surface area (Å²) in [5, 5.41) is 2.19. The molecule has 0 aliphatic carbocycles. The van der Waals surface area contributed by atoms with Crippen molar-refractivity contribution in [3.05, 3.63) is 11.6 Å². The Labute approximate surface area is 115 Å². The minimum absolute atomic E-state index is 1.35. The third kappa shape index (κ3) is 4.55. The topological polar surface area (TPSA) is 12.9 Å². The van der Waals surface area contributed by atoms with Crippen LogP contribution in [0.4, 0.5) is 0 Å².